The van der Waals surface area contributed by atoms with E-state index in [1.54, 1.807) is 13.0 Å². The summed E-state index contributed by atoms with van der Waals surface area (Å²) < 4.78 is 4.70. The summed E-state index contributed by atoms with van der Waals surface area (Å²) in [7, 11) is 0. The number of rotatable bonds is 6. The van der Waals surface area contributed by atoms with Crippen molar-refractivity contribution in [2.75, 3.05) is 12.0 Å². The van der Waals surface area contributed by atoms with E-state index in [0.29, 0.717) is 0 Å². The van der Waals surface area contributed by atoms with Crippen molar-refractivity contribution in [3.8, 4) is 6.07 Å². The Labute approximate surface area is 139 Å². The van der Waals surface area contributed by atoms with Gasteiger partial charge >= 0.3 is 5.97 Å². The molecule has 1 fully saturated rings. The highest BCUT2D eigenvalue weighted by Crippen LogP contribution is 2.18. The third kappa shape index (κ3) is 4.55. The number of aromatic amines is 1. The minimum absolute atomic E-state index is 0.136. The van der Waals surface area contributed by atoms with Crippen LogP contribution in [0.3, 0.4) is 0 Å². The van der Waals surface area contributed by atoms with Crippen molar-refractivity contribution in [1.29, 1.82) is 5.26 Å². The molecule has 1 aromatic heterocycles. The number of imidazole rings is 1. The molecule has 0 radical (unpaired) electrons. The lowest BCUT2D eigenvalue weighted by Gasteiger charge is -2.22. The quantitative estimate of drug-likeness (QED) is 0.409. The minimum atomic E-state index is -0.837. The number of hydrogen-bond acceptors (Lipinski definition) is 7. The first-order chi connectivity index (χ1) is 11.7. The van der Waals surface area contributed by atoms with Gasteiger partial charge in [0.1, 0.15) is 11.8 Å². The lowest BCUT2D eigenvalue weighted by molar-refractivity contribution is -0.134. The van der Waals surface area contributed by atoms with Crippen LogP contribution < -0.4 is 10.7 Å². The maximum Gasteiger partial charge on any atom is 0.369 e. The lowest BCUT2D eigenvalue weighted by atomic mass is 9.95. The molecule has 0 saturated heterocycles. The topological polar surface area (TPSA) is 132 Å². The van der Waals surface area contributed by atoms with Crippen molar-refractivity contribution in [2.45, 2.75) is 45.1 Å². The van der Waals surface area contributed by atoms with Gasteiger partial charge in [-0.05, 0) is 19.8 Å². The van der Waals surface area contributed by atoms with Gasteiger partial charge in [0.25, 0.3) is 5.91 Å². The molecular formula is C15H20N6O3. The fourth-order valence-electron chi connectivity index (χ4n) is 2.48. The molecule has 1 aliphatic carbocycles. The second-order valence-corrected chi connectivity index (χ2v) is 5.34. The molecule has 1 aliphatic rings. The number of nitrogens with zero attached hydrogens (tertiary/aromatic N) is 3. The molecule has 128 valence electrons. The molecule has 1 aromatic rings. The molecule has 0 aromatic carbocycles. The first-order valence-electron chi connectivity index (χ1n) is 7.90. The number of amides is 1. The average molecular weight is 332 g/mol. The summed E-state index contributed by atoms with van der Waals surface area (Å²) in [5.74, 6) is -0.997. The van der Waals surface area contributed by atoms with Gasteiger partial charge < -0.3 is 15.0 Å². The summed E-state index contributed by atoms with van der Waals surface area (Å²) in [4.78, 5) is 30.5. The van der Waals surface area contributed by atoms with Crippen LogP contribution in [0.2, 0.25) is 0 Å². The number of esters is 1. The van der Waals surface area contributed by atoms with Gasteiger partial charge in [0.2, 0.25) is 5.71 Å². The van der Waals surface area contributed by atoms with Crippen LogP contribution in [0.15, 0.2) is 11.4 Å². The zero-order valence-electron chi connectivity index (χ0n) is 13.5. The number of hydrazone groups is 1. The molecular weight excluding hydrogens is 312 g/mol. The van der Waals surface area contributed by atoms with Gasteiger partial charge in [-0.2, -0.15) is 10.4 Å². The molecule has 9 nitrogen and oxygen atoms in total. The molecule has 2 rings (SSSR count). The zero-order chi connectivity index (χ0) is 17.4. The van der Waals surface area contributed by atoms with Crippen molar-refractivity contribution >= 4 is 23.4 Å². The van der Waals surface area contributed by atoms with Crippen LogP contribution in [0.5, 0.6) is 0 Å². The van der Waals surface area contributed by atoms with Gasteiger partial charge in [-0.15, -0.1) is 0 Å². The van der Waals surface area contributed by atoms with Crippen molar-refractivity contribution in [3.05, 3.63) is 12.0 Å². The zero-order valence-corrected chi connectivity index (χ0v) is 13.5. The number of hydrogen-bond donors (Lipinski definition) is 3. The summed E-state index contributed by atoms with van der Waals surface area (Å²) in [6, 6.07) is 1.79. The Bertz CT molecular complexity index is 654. The second kappa shape index (κ2) is 8.67. The SMILES string of the molecule is CCOC(=O)/C(C#N)=N/Nc1nc[nH]c1C(=O)NC1CCCCC1. The van der Waals surface area contributed by atoms with Gasteiger partial charge in [0.05, 0.1) is 12.9 Å². The smallest absolute Gasteiger partial charge is 0.369 e. The van der Waals surface area contributed by atoms with E-state index >= 15 is 0 Å². The van der Waals surface area contributed by atoms with Crippen LogP contribution in [-0.2, 0) is 9.53 Å². The number of ether oxygens (including phenoxy) is 1. The Morgan fingerprint density at radius 3 is 2.88 bits per heavy atom. The number of anilines is 1. The number of nitriles is 1. The predicted molar refractivity (Wildman–Crippen MR) is 86.2 cm³/mol. The number of carbonyl (C=O) groups excluding carboxylic acids is 2. The highest BCUT2D eigenvalue weighted by atomic mass is 16.5. The van der Waals surface area contributed by atoms with Crippen molar-refractivity contribution in [2.24, 2.45) is 5.10 Å². The summed E-state index contributed by atoms with van der Waals surface area (Å²) in [6.45, 7) is 1.76. The fraction of sp³-hybridized carbons (Fsp3) is 0.533. The lowest BCUT2D eigenvalue weighted by Crippen LogP contribution is -2.36. The van der Waals surface area contributed by atoms with Crippen molar-refractivity contribution in [1.82, 2.24) is 15.3 Å². The molecule has 1 amide bonds. The summed E-state index contributed by atoms with van der Waals surface area (Å²) in [5, 5.41) is 15.5. The van der Waals surface area contributed by atoms with Crippen LogP contribution in [0.1, 0.15) is 49.5 Å². The predicted octanol–water partition coefficient (Wildman–Crippen LogP) is 1.33. The highest BCUT2D eigenvalue weighted by molar-refractivity contribution is 6.43. The fourth-order valence-corrected chi connectivity index (χ4v) is 2.48. The van der Waals surface area contributed by atoms with Crippen LogP contribution in [0, 0.1) is 11.3 Å². The van der Waals surface area contributed by atoms with Crippen molar-refractivity contribution < 1.29 is 14.3 Å². The second-order valence-electron chi connectivity index (χ2n) is 5.34. The first-order valence-corrected chi connectivity index (χ1v) is 7.90. The van der Waals surface area contributed by atoms with Gasteiger partial charge in [-0.1, -0.05) is 19.3 Å². The van der Waals surface area contributed by atoms with E-state index in [0.717, 1.165) is 25.7 Å². The number of nitrogens with one attached hydrogen (secondary N) is 3. The molecule has 0 spiro atoms. The maximum atomic E-state index is 12.3. The number of aromatic nitrogens is 2. The largest absolute Gasteiger partial charge is 0.461 e. The third-order valence-corrected chi connectivity index (χ3v) is 3.66. The van der Waals surface area contributed by atoms with E-state index in [4.69, 9.17) is 10.00 Å². The Hall–Kier alpha value is -2.89. The van der Waals surface area contributed by atoms with Gasteiger partial charge in [0, 0.05) is 6.04 Å². The van der Waals surface area contributed by atoms with E-state index in [-0.39, 0.29) is 30.1 Å². The summed E-state index contributed by atoms with van der Waals surface area (Å²) >= 11 is 0. The Morgan fingerprint density at radius 2 is 2.21 bits per heavy atom. The molecule has 1 saturated carbocycles. The van der Waals surface area contributed by atoms with E-state index in [2.05, 4.69) is 25.8 Å². The van der Waals surface area contributed by atoms with E-state index in [1.165, 1.54) is 12.7 Å². The van der Waals surface area contributed by atoms with E-state index in [1.807, 2.05) is 0 Å². The Balaban J connectivity index is 2.02. The van der Waals surface area contributed by atoms with E-state index < -0.39 is 11.7 Å². The molecule has 0 bridgehead atoms. The average Bonchev–Trinajstić information content (AvgIpc) is 3.05. The number of H-pyrrole nitrogens is 1. The molecule has 0 atom stereocenters. The maximum absolute atomic E-state index is 12.3. The molecule has 24 heavy (non-hydrogen) atoms. The summed E-state index contributed by atoms with van der Waals surface area (Å²) in [6.07, 6.45) is 6.67. The monoisotopic (exact) mass is 332 g/mol. The first kappa shape index (κ1) is 17.5. The van der Waals surface area contributed by atoms with Gasteiger partial charge in [-0.3, -0.25) is 10.2 Å². The van der Waals surface area contributed by atoms with Gasteiger partial charge in [-0.25, -0.2) is 9.78 Å². The third-order valence-electron chi connectivity index (χ3n) is 3.66. The van der Waals surface area contributed by atoms with Crippen LogP contribution in [-0.4, -0.2) is 40.2 Å². The minimum Gasteiger partial charge on any atom is -0.461 e. The Morgan fingerprint density at radius 1 is 1.46 bits per heavy atom. The Kier molecular flexibility index (Phi) is 6.31. The van der Waals surface area contributed by atoms with Crippen molar-refractivity contribution in [3.63, 3.8) is 0 Å². The molecule has 0 aliphatic heterocycles. The molecule has 3 N–H and O–H groups in total. The molecule has 9 heteroatoms. The standard InChI is InChI=1S/C15H20N6O3/c1-2-24-15(23)11(8-16)20-21-13-12(17-9-18-13)14(22)19-10-6-4-3-5-7-10/h9-10,21H,2-7H2,1H3,(H,17,18)(H,19,22)/b20-11+. The van der Waals surface area contributed by atoms with Crippen LogP contribution >= 0.6 is 0 Å². The van der Waals surface area contributed by atoms with Crippen LogP contribution in [0.25, 0.3) is 0 Å². The normalized spacial score (nSPS) is 15.4. The van der Waals surface area contributed by atoms with Gasteiger partial charge in [0.15, 0.2) is 5.82 Å². The number of carbonyl (C=O) groups is 2. The summed E-state index contributed by atoms with van der Waals surface area (Å²) in [5.41, 5.74) is 2.22. The highest BCUT2D eigenvalue weighted by Gasteiger charge is 2.20. The van der Waals surface area contributed by atoms with E-state index in [9.17, 15) is 9.59 Å². The van der Waals surface area contributed by atoms with Crippen LogP contribution in [0.4, 0.5) is 5.82 Å². The molecule has 1 heterocycles. The molecule has 0 unspecified atom stereocenters.